The topological polar surface area (TPSA) is 46.2 Å². The van der Waals surface area contributed by atoms with Crippen LogP contribution in [0, 0.1) is 0 Å². The molecule has 3 N–H and O–H groups in total. The van der Waals surface area contributed by atoms with E-state index in [1.54, 1.807) is 0 Å². The predicted molar refractivity (Wildman–Crippen MR) is 53.1 cm³/mol. The molecule has 0 aliphatic carbocycles. The number of halogens is 1. The second-order valence-corrected chi connectivity index (χ2v) is 3.26. The molecule has 66 valence electrons. The van der Waals surface area contributed by atoms with Gasteiger partial charge >= 0.3 is 0 Å². The molecule has 0 bridgehead atoms. The zero-order valence-electron chi connectivity index (χ0n) is 6.70. The SMILES string of the molecule is NCc1ccc(C(O)CBr)cc1. The number of hydrogen-bond acceptors (Lipinski definition) is 2. The Hall–Kier alpha value is -0.380. The third-order valence-electron chi connectivity index (χ3n) is 1.75. The second kappa shape index (κ2) is 4.60. The standard InChI is InChI=1S/C9H12BrNO/c10-5-9(12)8-3-1-7(6-11)2-4-8/h1-4,9,12H,5-6,11H2. The summed E-state index contributed by atoms with van der Waals surface area (Å²) in [4.78, 5) is 0. The first-order valence-corrected chi connectivity index (χ1v) is 4.93. The lowest BCUT2D eigenvalue weighted by Crippen LogP contribution is -2.00. The molecule has 1 unspecified atom stereocenters. The zero-order valence-corrected chi connectivity index (χ0v) is 8.29. The molecule has 0 amide bonds. The maximum absolute atomic E-state index is 9.41. The molecule has 12 heavy (non-hydrogen) atoms. The van der Waals surface area contributed by atoms with Crippen LogP contribution in [0.1, 0.15) is 17.2 Å². The fourth-order valence-corrected chi connectivity index (χ4v) is 1.34. The minimum atomic E-state index is -0.420. The number of benzene rings is 1. The van der Waals surface area contributed by atoms with E-state index in [2.05, 4.69) is 15.9 Å². The molecular formula is C9H12BrNO. The van der Waals surface area contributed by atoms with Crippen molar-refractivity contribution < 1.29 is 5.11 Å². The Bertz CT molecular complexity index is 235. The summed E-state index contributed by atoms with van der Waals surface area (Å²) in [6.45, 7) is 0.546. The van der Waals surface area contributed by atoms with Crippen LogP contribution in [-0.4, -0.2) is 10.4 Å². The Morgan fingerprint density at radius 3 is 2.33 bits per heavy atom. The molecule has 0 aliphatic heterocycles. The van der Waals surface area contributed by atoms with Crippen molar-refractivity contribution in [1.82, 2.24) is 0 Å². The van der Waals surface area contributed by atoms with E-state index in [-0.39, 0.29) is 0 Å². The Morgan fingerprint density at radius 2 is 1.92 bits per heavy atom. The summed E-state index contributed by atoms with van der Waals surface area (Å²) in [5.74, 6) is 0. The van der Waals surface area contributed by atoms with E-state index < -0.39 is 6.10 Å². The molecule has 1 aromatic rings. The minimum absolute atomic E-state index is 0.420. The maximum atomic E-state index is 9.41. The first kappa shape index (κ1) is 9.71. The van der Waals surface area contributed by atoms with E-state index in [1.165, 1.54) is 0 Å². The summed E-state index contributed by atoms with van der Waals surface area (Å²) in [5, 5.41) is 9.98. The molecule has 0 heterocycles. The van der Waals surface area contributed by atoms with Gasteiger partial charge in [0.1, 0.15) is 0 Å². The van der Waals surface area contributed by atoms with E-state index in [0.717, 1.165) is 11.1 Å². The molecule has 0 saturated heterocycles. The van der Waals surface area contributed by atoms with Crippen molar-refractivity contribution in [1.29, 1.82) is 0 Å². The Balaban J connectivity index is 2.77. The second-order valence-electron chi connectivity index (χ2n) is 2.62. The van der Waals surface area contributed by atoms with Crippen molar-refractivity contribution >= 4 is 15.9 Å². The van der Waals surface area contributed by atoms with Crippen molar-refractivity contribution in [2.75, 3.05) is 5.33 Å². The van der Waals surface area contributed by atoms with Gasteiger partial charge in [-0.3, -0.25) is 0 Å². The number of hydrogen-bond donors (Lipinski definition) is 2. The molecule has 1 aromatic carbocycles. The number of nitrogens with two attached hydrogens (primary N) is 1. The molecule has 0 fully saturated rings. The lowest BCUT2D eigenvalue weighted by atomic mass is 10.1. The van der Waals surface area contributed by atoms with E-state index in [0.29, 0.717) is 11.9 Å². The smallest absolute Gasteiger partial charge is 0.0886 e. The quantitative estimate of drug-likeness (QED) is 0.774. The van der Waals surface area contributed by atoms with Crippen molar-refractivity contribution in [2.24, 2.45) is 5.73 Å². The highest BCUT2D eigenvalue weighted by molar-refractivity contribution is 9.09. The minimum Gasteiger partial charge on any atom is -0.388 e. The first-order valence-electron chi connectivity index (χ1n) is 3.81. The van der Waals surface area contributed by atoms with Gasteiger partial charge in [0, 0.05) is 11.9 Å². The van der Waals surface area contributed by atoms with E-state index in [4.69, 9.17) is 5.73 Å². The van der Waals surface area contributed by atoms with Gasteiger partial charge in [0.25, 0.3) is 0 Å². The molecule has 0 saturated carbocycles. The van der Waals surface area contributed by atoms with Crippen LogP contribution in [0.25, 0.3) is 0 Å². The van der Waals surface area contributed by atoms with Crippen molar-refractivity contribution in [3.8, 4) is 0 Å². The number of aliphatic hydroxyl groups excluding tert-OH is 1. The zero-order chi connectivity index (χ0) is 8.97. The maximum Gasteiger partial charge on any atom is 0.0886 e. The van der Waals surface area contributed by atoms with Gasteiger partial charge in [-0.2, -0.15) is 0 Å². The molecule has 0 radical (unpaired) electrons. The van der Waals surface area contributed by atoms with E-state index in [1.807, 2.05) is 24.3 Å². The van der Waals surface area contributed by atoms with Gasteiger partial charge in [-0.15, -0.1) is 0 Å². The average Bonchev–Trinajstić information content (AvgIpc) is 2.17. The van der Waals surface area contributed by atoms with Gasteiger partial charge in [0.15, 0.2) is 0 Å². The molecule has 0 aromatic heterocycles. The van der Waals surface area contributed by atoms with Crippen LogP contribution < -0.4 is 5.73 Å². The number of aliphatic hydroxyl groups is 1. The Labute approximate surface area is 80.5 Å². The number of rotatable bonds is 3. The lowest BCUT2D eigenvalue weighted by Gasteiger charge is -2.07. The molecule has 3 heteroatoms. The Morgan fingerprint density at radius 1 is 1.33 bits per heavy atom. The summed E-state index contributed by atoms with van der Waals surface area (Å²) in [6, 6.07) is 7.66. The fraction of sp³-hybridized carbons (Fsp3) is 0.333. The third kappa shape index (κ3) is 2.30. The third-order valence-corrected chi connectivity index (χ3v) is 2.36. The molecule has 1 rings (SSSR count). The van der Waals surface area contributed by atoms with Crippen LogP contribution in [0.15, 0.2) is 24.3 Å². The van der Waals surface area contributed by atoms with Gasteiger partial charge in [0.2, 0.25) is 0 Å². The molecule has 0 spiro atoms. The van der Waals surface area contributed by atoms with Crippen molar-refractivity contribution in [3.63, 3.8) is 0 Å². The molecule has 2 nitrogen and oxygen atoms in total. The largest absolute Gasteiger partial charge is 0.388 e. The highest BCUT2D eigenvalue weighted by Crippen LogP contribution is 2.15. The summed E-state index contributed by atoms with van der Waals surface area (Å²) >= 11 is 3.21. The van der Waals surface area contributed by atoms with E-state index >= 15 is 0 Å². The fourth-order valence-electron chi connectivity index (χ4n) is 0.965. The summed E-state index contributed by atoms with van der Waals surface area (Å²) in [6.07, 6.45) is -0.420. The average molecular weight is 230 g/mol. The monoisotopic (exact) mass is 229 g/mol. The van der Waals surface area contributed by atoms with Crippen molar-refractivity contribution in [3.05, 3.63) is 35.4 Å². The number of alkyl halides is 1. The lowest BCUT2D eigenvalue weighted by molar-refractivity contribution is 0.205. The predicted octanol–water partition coefficient (Wildman–Crippen LogP) is 1.57. The van der Waals surface area contributed by atoms with Crippen LogP contribution >= 0.6 is 15.9 Å². The molecule has 1 atom stereocenters. The van der Waals surface area contributed by atoms with Crippen LogP contribution in [0.3, 0.4) is 0 Å². The van der Waals surface area contributed by atoms with Crippen LogP contribution in [0.5, 0.6) is 0 Å². The highest BCUT2D eigenvalue weighted by Gasteiger charge is 2.03. The molecule has 0 aliphatic rings. The van der Waals surface area contributed by atoms with E-state index in [9.17, 15) is 5.11 Å². The molecular weight excluding hydrogens is 218 g/mol. The van der Waals surface area contributed by atoms with Gasteiger partial charge < -0.3 is 10.8 Å². The van der Waals surface area contributed by atoms with Gasteiger partial charge in [-0.05, 0) is 11.1 Å². The van der Waals surface area contributed by atoms with Crippen LogP contribution in [0.4, 0.5) is 0 Å². The van der Waals surface area contributed by atoms with Crippen molar-refractivity contribution in [2.45, 2.75) is 12.6 Å². The van der Waals surface area contributed by atoms with Gasteiger partial charge in [0.05, 0.1) is 6.10 Å². The first-order chi connectivity index (χ1) is 5.77. The summed E-state index contributed by atoms with van der Waals surface area (Å²) in [7, 11) is 0. The van der Waals surface area contributed by atoms with Crippen LogP contribution in [0.2, 0.25) is 0 Å². The summed E-state index contributed by atoms with van der Waals surface area (Å²) < 4.78 is 0. The normalized spacial score (nSPS) is 12.9. The summed E-state index contributed by atoms with van der Waals surface area (Å²) in [5.41, 5.74) is 7.44. The van der Waals surface area contributed by atoms with Crippen LogP contribution in [-0.2, 0) is 6.54 Å². The van der Waals surface area contributed by atoms with Gasteiger partial charge in [-0.25, -0.2) is 0 Å². The Kier molecular flexibility index (Phi) is 3.72. The van der Waals surface area contributed by atoms with Gasteiger partial charge in [-0.1, -0.05) is 40.2 Å². The highest BCUT2D eigenvalue weighted by atomic mass is 79.9.